The highest BCUT2D eigenvalue weighted by Crippen LogP contribution is 2.42. The van der Waals surface area contributed by atoms with E-state index in [-0.39, 0.29) is 11.6 Å². The van der Waals surface area contributed by atoms with Crippen molar-refractivity contribution in [3.8, 4) is 39.5 Å². The Morgan fingerprint density at radius 2 is 1.68 bits per heavy atom. The van der Waals surface area contributed by atoms with Gasteiger partial charge in [-0.15, -0.1) is 0 Å². The van der Waals surface area contributed by atoms with Gasteiger partial charge < -0.3 is 25.5 Å². The van der Waals surface area contributed by atoms with Gasteiger partial charge in [0.05, 0.1) is 14.2 Å². The Balaban J connectivity index is 2.45. The number of halogens is 1. The van der Waals surface area contributed by atoms with Crippen LogP contribution in [-0.4, -0.2) is 30.4 Å². The van der Waals surface area contributed by atoms with Gasteiger partial charge in [-0.05, 0) is 53.6 Å². The molecule has 0 aliphatic heterocycles. The average Bonchev–Trinajstić information content (AvgIpc) is 2.72. The highest BCUT2D eigenvalue weighted by molar-refractivity contribution is 6.08. The molecule has 0 bridgehead atoms. The van der Waals surface area contributed by atoms with Crippen molar-refractivity contribution in [2.45, 2.75) is 0 Å². The molecule has 7 heteroatoms. The Hall–Kier alpha value is -3.74. The van der Waals surface area contributed by atoms with E-state index in [0.29, 0.717) is 39.3 Å². The van der Waals surface area contributed by atoms with E-state index in [1.807, 2.05) is 0 Å². The molecule has 3 aromatic carbocycles. The zero-order chi connectivity index (χ0) is 20.3. The topological polar surface area (TPSA) is 97.3 Å². The number of hydrogen-bond acceptors (Lipinski definition) is 5. The lowest BCUT2D eigenvalue weighted by Crippen LogP contribution is -2.15. The molecule has 0 aromatic heterocycles. The molecule has 0 saturated heterocycles. The van der Waals surface area contributed by atoms with Crippen molar-refractivity contribution in [1.29, 1.82) is 0 Å². The Bertz CT molecular complexity index is 1030. The molecule has 3 aromatic rings. The molecule has 0 fully saturated rings. The summed E-state index contributed by atoms with van der Waals surface area (Å²) in [7, 11) is 2.97. The lowest BCUT2D eigenvalue weighted by atomic mass is 9.89. The molecule has 6 nitrogen and oxygen atoms in total. The summed E-state index contributed by atoms with van der Waals surface area (Å²) in [5, 5.41) is 22.0. The van der Waals surface area contributed by atoms with Crippen molar-refractivity contribution in [2.75, 3.05) is 14.2 Å². The minimum Gasteiger partial charge on any atom is -0.508 e. The SMILES string of the molecule is COc1cc(/C(N)=N/O)c(-c2cc(F)ccc2OC)c(-c2ccc(O)cc2)c1. The van der Waals surface area contributed by atoms with Crippen LogP contribution in [0.15, 0.2) is 59.8 Å². The fourth-order valence-electron chi connectivity index (χ4n) is 3.02. The monoisotopic (exact) mass is 382 g/mol. The predicted molar refractivity (Wildman–Crippen MR) is 105 cm³/mol. The minimum absolute atomic E-state index is 0.105. The molecule has 0 saturated carbocycles. The molecule has 0 amide bonds. The van der Waals surface area contributed by atoms with Gasteiger partial charge in [0.2, 0.25) is 0 Å². The van der Waals surface area contributed by atoms with Gasteiger partial charge in [-0.2, -0.15) is 0 Å². The van der Waals surface area contributed by atoms with Crippen LogP contribution in [0.5, 0.6) is 17.2 Å². The number of amidine groups is 1. The number of hydrogen-bond donors (Lipinski definition) is 3. The second-order valence-electron chi connectivity index (χ2n) is 5.97. The van der Waals surface area contributed by atoms with Crippen molar-refractivity contribution in [3.63, 3.8) is 0 Å². The fraction of sp³-hybridized carbons (Fsp3) is 0.0952. The Morgan fingerprint density at radius 1 is 0.964 bits per heavy atom. The number of benzene rings is 3. The van der Waals surface area contributed by atoms with Crippen molar-refractivity contribution in [2.24, 2.45) is 10.9 Å². The molecular weight excluding hydrogens is 363 g/mol. The van der Waals surface area contributed by atoms with Gasteiger partial charge in [0, 0.05) is 16.7 Å². The first kappa shape index (κ1) is 19.0. The van der Waals surface area contributed by atoms with Crippen molar-refractivity contribution >= 4 is 5.84 Å². The van der Waals surface area contributed by atoms with Crippen LogP contribution < -0.4 is 15.2 Å². The van der Waals surface area contributed by atoms with E-state index in [1.54, 1.807) is 24.3 Å². The van der Waals surface area contributed by atoms with Crippen molar-refractivity contribution in [1.82, 2.24) is 0 Å². The maximum atomic E-state index is 14.1. The molecule has 28 heavy (non-hydrogen) atoms. The summed E-state index contributed by atoms with van der Waals surface area (Å²) in [6.07, 6.45) is 0. The van der Waals surface area contributed by atoms with Crippen molar-refractivity contribution < 1.29 is 24.2 Å². The lowest BCUT2D eigenvalue weighted by molar-refractivity contribution is 0.318. The average molecular weight is 382 g/mol. The number of oxime groups is 1. The third-order valence-corrected chi connectivity index (χ3v) is 4.34. The smallest absolute Gasteiger partial charge is 0.170 e. The third kappa shape index (κ3) is 3.55. The van der Waals surface area contributed by atoms with Crippen molar-refractivity contribution in [3.05, 3.63) is 66.0 Å². The summed E-state index contributed by atoms with van der Waals surface area (Å²) in [5.41, 5.74) is 8.53. The summed E-state index contributed by atoms with van der Waals surface area (Å²) in [6.45, 7) is 0. The first-order valence-electron chi connectivity index (χ1n) is 8.31. The van der Waals surface area contributed by atoms with Crippen LogP contribution in [0.3, 0.4) is 0 Å². The first-order chi connectivity index (χ1) is 13.5. The third-order valence-electron chi connectivity index (χ3n) is 4.34. The fourth-order valence-corrected chi connectivity index (χ4v) is 3.02. The molecule has 0 aliphatic rings. The Morgan fingerprint density at radius 3 is 2.29 bits per heavy atom. The number of phenols is 1. The molecule has 144 valence electrons. The largest absolute Gasteiger partial charge is 0.508 e. The van der Waals surface area contributed by atoms with Gasteiger partial charge in [-0.1, -0.05) is 17.3 Å². The lowest BCUT2D eigenvalue weighted by Gasteiger charge is -2.19. The quantitative estimate of drug-likeness (QED) is 0.268. The van der Waals surface area contributed by atoms with E-state index in [2.05, 4.69) is 5.16 Å². The molecule has 0 heterocycles. The van der Waals surface area contributed by atoms with E-state index in [9.17, 15) is 14.7 Å². The summed E-state index contributed by atoms with van der Waals surface area (Å²) in [5.74, 6) is 0.351. The van der Waals surface area contributed by atoms with Crippen LogP contribution in [-0.2, 0) is 0 Å². The van der Waals surface area contributed by atoms with Crippen LogP contribution >= 0.6 is 0 Å². The highest BCUT2D eigenvalue weighted by Gasteiger charge is 2.21. The number of rotatable bonds is 5. The number of phenolic OH excluding ortho intramolecular Hbond substituents is 1. The molecule has 0 atom stereocenters. The highest BCUT2D eigenvalue weighted by atomic mass is 19.1. The number of methoxy groups -OCH3 is 2. The molecule has 4 N–H and O–H groups in total. The second kappa shape index (κ2) is 7.87. The van der Waals surface area contributed by atoms with Crippen LogP contribution in [0.1, 0.15) is 5.56 Å². The maximum Gasteiger partial charge on any atom is 0.170 e. The van der Waals surface area contributed by atoms with Gasteiger partial charge in [-0.25, -0.2) is 4.39 Å². The summed E-state index contributed by atoms with van der Waals surface area (Å²) in [6, 6.07) is 13.9. The van der Waals surface area contributed by atoms with E-state index in [4.69, 9.17) is 15.2 Å². The standard InChI is InChI=1S/C21H19FN2O4/c1-27-15-10-16(12-3-6-14(25)7-4-12)20(18(11-15)21(23)24-26)17-9-13(22)5-8-19(17)28-2/h3-11,25-26H,1-2H3,(H2,23,24). The van der Waals surface area contributed by atoms with E-state index >= 15 is 0 Å². The molecule has 0 spiro atoms. The number of aromatic hydroxyl groups is 1. The second-order valence-corrected chi connectivity index (χ2v) is 5.97. The van der Waals surface area contributed by atoms with Crippen LogP contribution in [0.2, 0.25) is 0 Å². The molecule has 0 radical (unpaired) electrons. The number of nitrogens with two attached hydrogens (primary N) is 1. The van der Waals surface area contributed by atoms with Crippen LogP contribution in [0.25, 0.3) is 22.3 Å². The Kier molecular flexibility index (Phi) is 5.35. The maximum absolute atomic E-state index is 14.1. The number of ether oxygens (including phenoxy) is 2. The van der Waals surface area contributed by atoms with Gasteiger partial charge in [0.1, 0.15) is 23.1 Å². The summed E-state index contributed by atoms with van der Waals surface area (Å²) >= 11 is 0. The van der Waals surface area contributed by atoms with E-state index in [1.165, 1.54) is 44.6 Å². The molecular formula is C21H19FN2O4. The minimum atomic E-state index is -0.464. The normalized spacial score (nSPS) is 11.3. The van der Waals surface area contributed by atoms with Gasteiger partial charge in [0.25, 0.3) is 0 Å². The summed E-state index contributed by atoms with van der Waals surface area (Å²) in [4.78, 5) is 0. The van der Waals surface area contributed by atoms with Crippen LogP contribution in [0.4, 0.5) is 4.39 Å². The summed E-state index contributed by atoms with van der Waals surface area (Å²) < 4.78 is 24.9. The Labute approximate surface area is 161 Å². The van der Waals surface area contributed by atoms with E-state index < -0.39 is 5.82 Å². The van der Waals surface area contributed by atoms with Gasteiger partial charge >= 0.3 is 0 Å². The van der Waals surface area contributed by atoms with Gasteiger partial charge in [0.15, 0.2) is 5.84 Å². The zero-order valence-corrected chi connectivity index (χ0v) is 15.3. The first-order valence-corrected chi connectivity index (χ1v) is 8.31. The van der Waals surface area contributed by atoms with Crippen LogP contribution in [0, 0.1) is 5.82 Å². The molecule has 0 aliphatic carbocycles. The predicted octanol–water partition coefficient (Wildman–Crippen LogP) is 3.98. The number of nitrogens with zero attached hydrogens (tertiary/aromatic N) is 1. The molecule has 3 rings (SSSR count). The molecule has 0 unspecified atom stereocenters. The zero-order valence-electron chi connectivity index (χ0n) is 15.3. The van der Waals surface area contributed by atoms with E-state index in [0.717, 1.165) is 0 Å². The van der Waals surface area contributed by atoms with Gasteiger partial charge in [-0.3, -0.25) is 0 Å².